The van der Waals surface area contributed by atoms with Crippen LogP contribution in [-0.2, 0) is 15.7 Å². The van der Waals surface area contributed by atoms with E-state index in [0.717, 1.165) is 12.1 Å². The number of hydrogen-bond acceptors (Lipinski definition) is 3. The summed E-state index contributed by atoms with van der Waals surface area (Å²) in [5.74, 6) is -0.496. The molecule has 0 bridgehead atoms. The average molecular weight is 290 g/mol. The zero-order valence-electron chi connectivity index (χ0n) is 10.8. The van der Waals surface area contributed by atoms with Gasteiger partial charge in [0.2, 0.25) is 5.91 Å². The lowest BCUT2D eigenvalue weighted by atomic mass is 10.1. The zero-order chi connectivity index (χ0) is 15.3. The molecule has 0 saturated carbocycles. The number of rotatable bonds is 3. The second-order valence-electron chi connectivity index (χ2n) is 3.78. The van der Waals surface area contributed by atoms with Gasteiger partial charge in [0, 0.05) is 12.6 Å². The molecule has 0 aliphatic carbocycles. The summed E-state index contributed by atoms with van der Waals surface area (Å²) in [4.78, 5) is 22.0. The molecule has 1 aromatic carbocycles. The minimum absolute atomic E-state index is 0.0146. The fraction of sp³-hybridized carbons (Fsp3) is 0.333. The summed E-state index contributed by atoms with van der Waals surface area (Å²) in [6.07, 6.45) is -5.66. The minimum Gasteiger partial charge on any atom is -0.450 e. The molecule has 1 rings (SSSR count). The van der Waals surface area contributed by atoms with E-state index in [4.69, 9.17) is 0 Å². The van der Waals surface area contributed by atoms with Crippen molar-refractivity contribution in [2.24, 2.45) is 0 Å². The van der Waals surface area contributed by atoms with E-state index in [1.165, 1.54) is 19.9 Å². The number of ether oxygens (including phenoxy) is 1. The normalized spacial score (nSPS) is 10.8. The number of carbonyl (C=O) groups excluding carboxylic acids is 2. The van der Waals surface area contributed by atoms with Crippen LogP contribution >= 0.6 is 0 Å². The molecule has 0 saturated heterocycles. The van der Waals surface area contributed by atoms with Crippen LogP contribution in [0.1, 0.15) is 19.4 Å². The monoisotopic (exact) mass is 290 g/mol. The summed E-state index contributed by atoms with van der Waals surface area (Å²) in [6, 6.07) is 3.03. The number of alkyl halides is 3. The Kier molecular flexibility index (Phi) is 4.95. The molecule has 0 heterocycles. The Labute approximate surface area is 113 Å². The van der Waals surface area contributed by atoms with Gasteiger partial charge in [-0.1, -0.05) is 0 Å². The number of hydrogen-bond donors (Lipinski definition) is 2. The molecule has 20 heavy (non-hydrogen) atoms. The van der Waals surface area contributed by atoms with Crippen LogP contribution in [0.4, 0.5) is 29.3 Å². The summed E-state index contributed by atoms with van der Waals surface area (Å²) >= 11 is 0. The Morgan fingerprint density at radius 2 is 1.90 bits per heavy atom. The van der Waals surface area contributed by atoms with Crippen molar-refractivity contribution in [3.63, 3.8) is 0 Å². The van der Waals surface area contributed by atoms with Gasteiger partial charge in [0.05, 0.1) is 17.9 Å². The molecule has 110 valence electrons. The molecular formula is C12H13F3N2O3. The molecule has 0 fully saturated rings. The van der Waals surface area contributed by atoms with Gasteiger partial charge in [-0.3, -0.25) is 10.1 Å². The topological polar surface area (TPSA) is 67.4 Å². The maximum absolute atomic E-state index is 12.9. The van der Waals surface area contributed by atoms with Gasteiger partial charge in [-0.05, 0) is 25.1 Å². The van der Waals surface area contributed by atoms with Crippen LogP contribution in [0.3, 0.4) is 0 Å². The van der Waals surface area contributed by atoms with Gasteiger partial charge < -0.3 is 10.1 Å². The second-order valence-corrected chi connectivity index (χ2v) is 3.78. The number of amides is 2. The van der Waals surface area contributed by atoms with Crippen LogP contribution in [0.5, 0.6) is 0 Å². The van der Waals surface area contributed by atoms with Crippen LogP contribution in [0.25, 0.3) is 0 Å². The highest BCUT2D eigenvalue weighted by Crippen LogP contribution is 2.36. The quantitative estimate of drug-likeness (QED) is 0.898. The number of benzene rings is 1. The molecule has 0 aromatic heterocycles. The molecule has 5 nitrogen and oxygen atoms in total. The fourth-order valence-corrected chi connectivity index (χ4v) is 1.45. The van der Waals surface area contributed by atoms with Crippen molar-refractivity contribution in [2.45, 2.75) is 20.0 Å². The second kappa shape index (κ2) is 6.27. The van der Waals surface area contributed by atoms with E-state index < -0.39 is 29.4 Å². The molecule has 2 amide bonds. The molecular weight excluding hydrogens is 277 g/mol. The largest absolute Gasteiger partial charge is 0.450 e. The lowest BCUT2D eigenvalue weighted by Gasteiger charge is -2.15. The average Bonchev–Trinajstić information content (AvgIpc) is 2.29. The van der Waals surface area contributed by atoms with Gasteiger partial charge in [0.15, 0.2) is 0 Å². The third-order valence-corrected chi connectivity index (χ3v) is 2.16. The molecule has 2 N–H and O–H groups in total. The molecule has 0 aliphatic heterocycles. The number of anilines is 2. The highest BCUT2D eigenvalue weighted by Gasteiger charge is 2.34. The number of carbonyl (C=O) groups is 2. The summed E-state index contributed by atoms with van der Waals surface area (Å²) in [5.41, 5.74) is -1.53. The Hall–Kier alpha value is -2.25. The maximum Gasteiger partial charge on any atom is 0.418 e. The molecule has 0 unspecified atom stereocenters. The molecule has 0 spiro atoms. The van der Waals surface area contributed by atoms with E-state index in [9.17, 15) is 22.8 Å². The third kappa shape index (κ3) is 4.45. The van der Waals surface area contributed by atoms with E-state index in [2.05, 4.69) is 10.1 Å². The Morgan fingerprint density at radius 3 is 2.40 bits per heavy atom. The van der Waals surface area contributed by atoms with Crippen molar-refractivity contribution < 1.29 is 27.5 Å². The zero-order valence-corrected chi connectivity index (χ0v) is 10.8. The van der Waals surface area contributed by atoms with Crippen molar-refractivity contribution in [1.29, 1.82) is 0 Å². The Morgan fingerprint density at radius 1 is 1.25 bits per heavy atom. The highest BCUT2D eigenvalue weighted by molar-refractivity contribution is 5.90. The number of halogens is 3. The molecule has 0 atom stereocenters. The fourth-order valence-electron chi connectivity index (χ4n) is 1.45. The highest BCUT2D eigenvalue weighted by atomic mass is 19.4. The minimum atomic E-state index is -4.68. The molecule has 8 heteroatoms. The predicted molar refractivity (Wildman–Crippen MR) is 66.4 cm³/mol. The first-order valence-electron chi connectivity index (χ1n) is 5.66. The van der Waals surface area contributed by atoms with Crippen LogP contribution in [0, 0.1) is 0 Å². The smallest absolute Gasteiger partial charge is 0.418 e. The van der Waals surface area contributed by atoms with Crippen molar-refractivity contribution in [2.75, 3.05) is 17.2 Å². The van der Waals surface area contributed by atoms with Crippen LogP contribution in [0.2, 0.25) is 0 Å². The van der Waals surface area contributed by atoms with Gasteiger partial charge in [0.25, 0.3) is 0 Å². The number of nitrogens with one attached hydrogen (secondary N) is 2. The molecule has 0 aliphatic rings. The Balaban J connectivity index is 3.10. The van der Waals surface area contributed by atoms with Crippen LogP contribution in [0.15, 0.2) is 18.2 Å². The van der Waals surface area contributed by atoms with Crippen LogP contribution in [-0.4, -0.2) is 18.6 Å². The standard InChI is InChI=1S/C12H13F3N2O3/c1-3-20-11(19)17-10-5-4-8(16-7(2)18)6-9(10)12(13,14)15/h4-6H,3H2,1-2H3,(H,16,18)(H,17,19). The van der Waals surface area contributed by atoms with E-state index in [-0.39, 0.29) is 12.3 Å². The van der Waals surface area contributed by atoms with Crippen molar-refractivity contribution in [3.8, 4) is 0 Å². The van der Waals surface area contributed by atoms with E-state index in [0.29, 0.717) is 0 Å². The van der Waals surface area contributed by atoms with Gasteiger partial charge >= 0.3 is 12.3 Å². The summed E-state index contributed by atoms with van der Waals surface area (Å²) in [6.45, 7) is 2.75. The molecule has 0 radical (unpaired) electrons. The van der Waals surface area contributed by atoms with Crippen molar-refractivity contribution in [3.05, 3.63) is 23.8 Å². The summed E-state index contributed by atoms with van der Waals surface area (Å²) in [5, 5.41) is 4.24. The SMILES string of the molecule is CCOC(=O)Nc1ccc(NC(C)=O)cc1C(F)(F)F. The van der Waals surface area contributed by atoms with Gasteiger partial charge in [0.1, 0.15) is 0 Å². The Bertz CT molecular complexity index is 515. The summed E-state index contributed by atoms with van der Waals surface area (Å²) in [7, 11) is 0. The molecule has 1 aromatic rings. The van der Waals surface area contributed by atoms with Crippen molar-refractivity contribution >= 4 is 23.4 Å². The van der Waals surface area contributed by atoms with Gasteiger partial charge in [-0.15, -0.1) is 0 Å². The van der Waals surface area contributed by atoms with Gasteiger partial charge in [-0.2, -0.15) is 13.2 Å². The summed E-state index contributed by atoms with van der Waals surface area (Å²) < 4.78 is 43.2. The predicted octanol–water partition coefficient (Wildman–Crippen LogP) is 3.23. The maximum atomic E-state index is 12.9. The van der Waals surface area contributed by atoms with E-state index in [1.54, 1.807) is 0 Å². The first-order chi connectivity index (χ1) is 9.24. The first kappa shape index (κ1) is 15.8. The van der Waals surface area contributed by atoms with Crippen LogP contribution < -0.4 is 10.6 Å². The van der Waals surface area contributed by atoms with Gasteiger partial charge in [-0.25, -0.2) is 4.79 Å². The first-order valence-corrected chi connectivity index (χ1v) is 5.66. The van der Waals surface area contributed by atoms with E-state index in [1.807, 2.05) is 5.32 Å². The van der Waals surface area contributed by atoms with Crippen molar-refractivity contribution in [1.82, 2.24) is 0 Å². The third-order valence-electron chi connectivity index (χ3n) is 2.16. The lowest BCUT2D eigenvalue weighted by Crippen LogP contribution is -2.18. The van der Waals surface area contributed by atoms with E-state index >= 15 is 0 Å². The lowest BCUT2D eigenvalue weighted by molar-refractivity contribution is -0.137.